The Kier molecular flexibility index (Phi) is 4.93. The lowest BCUT2D eigenvalue weighted by atomic mass is 9.96. The molecule has 0 aliphatic rings. The summed E-state index contributed by atoms with van der Waals surface area (Å²) in [4.78, 5) is 22.9. The zero-order chi connectivity index (χ0) is 15.2. The van der Waals surface area contributed by atoms with Gasteiger partial charge in [0, 0.05) is 6.42 Å². The van der Waals surface area contributed by atoms with Gasteiger partial charge in [-0.2, -0.15) is 0 Å². The van der Waals surface area contributed by atoms with E-state index in [1.165, 1.54) is 0 Å². The minimum absolute atomic E-state index is 0.114. The molecule has 0 saturated carbocycles. The van der Waals surface area contributed by atoms with Crippen molar-refractivity contribution in [3.05, 3.63) is 48.0 Å². The van der Waals surface area contributed by atoms with Gasteiger partial charge in [0.05, 0.1) is 12.5 Å². The summed E-state index contributed by atoms with van der Waals surface area (Å²) in [5.41, 5.74) is 0.847. The van der Waals surface area contributed by atoms with Crippen LogP contribution in [-0.4, -0.2) is 17.0 Å². The maximum Gasteiger partial charge on any atom is 0.305 e. The highest BCUT2D eigenvalue weighted by atomic mass is 16.4. The molecule has 0 aromatic heterocycles. The van der Waals surface area contributed by atoms with Crippen molar-refractivity contribution in [3.8, 4) is 0 Å². The van der Waals surface area contributed by atoms with Crippen molar-refractivity contribution < 1.29 is 14.7 Å². The molecule has 110 valence electrons. The summed E-state index contributed by atoms with van der Waals surface area (Å²) in [5, 5.41) is 14.0. The minimum Gasteiger partial charge on any atom is -0.481 e. The largest absolute Gasteiger partial charge is 0.481 e. The van der Waals surface area contributed by atoms with Gasteiger partial charge < -0.3 is 10.4 Å². The van der Waals surface area contributed by atoms with E-state index in [9.17, 15) is 9.59 Å². The van der Waals surface area contributed by atoms with E-state index >= 15 is 0 Å². The monoisotopic (exact) mass is 285 g/mol. The van der Waals surface area contributed by atoms with Gasteiger partial charge in [-0.1, -0.05) is 49.4 Å². The first-order valence-corrected chi connectivity index (χ1v) is 7.10. The highest BCUT2D eigenvalue weighted by molar-refractivity contribution is 5.87. The molecule has 0 bridgehead atoms. The first-order valence-electron chi connectivity index (χ1n) is 7.10. The Bertz CT molecular complexity index is 646. The van der Waals surface area contributed by atoms with Crippen LogP contribution in [0.4, 0.5) is 0 Å². The Labute approximate surface area is 123 Å². The van der Waals surface area contributed by atoms with Gasteiger partial charge in [-0.25, -0.2) is 0 Å². The highest BCUT2D eigenvalue weighted by Gasteiger charge is 2.19. The third-order valence-electron chi connectivity index (χ3n) is 3.39. The molecule has 0 aliphatic carbocycles. The number of nitrogens with one attached hydrogen (secondary N) is 1. The third-order valence-corrected chi connectivity index (χ3v) is 3.39. The van der Waals surface area contributed by atoms with Crippen LogP contribution >= 0.6 is 0 Å². The standard InChI is InChI=1S/C17H19NO3/c1-2-6-16(19)18-15(11-17(20)21)14-10-5-8-12-7-3-4-9-13(12)14/h3-5,7-10,15H,2,6,11H2,1H3,(H,18,19)(H,20,21)/t15-/m1/s1. The van der Waals surface area contributed by atoms with Crippen LogP contribution in [0.15, 0.2) is 42.5 Å². The Morgan fingerprint density at radius 3 is 2.57 bits per heavy atom. The number of rotatable bonds is 6. The molecule has 0 spiro atoms. The summed E-state index contributed by atoms with van der Waals surface area (Å²) >= 11 is 0. The molecule has 21 heavy (non-hydrogen) atoms. The predicted molar refractivity (Wildman–Crippen MR) is 82.0 cm³/mol. The van der Waals surface area contributed by atoms with E-state index in [1.807, 2.05) is 49.4 Å². The first kappa shape index (κ1) is 15.0. The van der Waals surface area contributed by atoms with Crippen molar-refractivity contribution >= 4 is 22.6 Å². The molecule has 4 nitrogen and oxygen atoms in total. The van der Waals surface area contributed by atoms with Crippen LogP contribution in [0.3, 0.4) is 0 Å². The van der Waals surface area contributed by atoms with Gasteiger partial charge in [-0.15, -0.1) is 0 Å². The van der Waals surface area contributed by atoms with Crippen molar-refractivity contribution in [2.75, 3.05) is 0 Å². The molecule has 0 saturated heterocycles. The molecule has 2 N–H and O–H groups in total. The molecule has 1 atom stereocenters. The fourth-order valence-electron chi connectivity index (χ4n) is 2.46. The van der Waals surface area contributed by atoms with Crippen LogP contribution in [0.25, 0.3) is 10.8 Å². The lowest BCUT2D eigenvalue weighted by Gasteiger charge is -2.19. The van der Waals surface area contributed by atoms with Gasteiger partial charge in [0.2, 0.25) is 5.91 Å². The fourth-order valence-corrected chi connectivity index (χ4v) is 2.46. The normalized spacial score (nSPS) is 12.0. The molecule has 2 rings (SSSR count). The Hall–Kier alpha value is -2.36. The number of amides is 1. The van der Waals surface area contributed by atoms with E-state index < -0.39 is 12.0 Å². The first-order chi connectivity index (χ1) is 10.1. The molecule has 0 aliphatic heterocycles. The molecule has 1 amide bonds. The molecule has 0 heterocycles. The number of carboxylic acids is 1. The SMILES string of the molecule is CCCC(=O)N[C@H](CC(=O)O)c1cccc2ccccc12. The molecular formula is C17H19NO3. The zero-order valence-electron chi connectivity index (χ0n) is 12.0. The number of fused-ring (bicyclic) bond motifs is 1. The van der Waals surface area contributed by atoms with Crippen LogP contribution in [0.2, 0.25) is 0 Å². The topological polar surface area (TPSA) is 66.4 Å². The number of carboxylic acid groups (broad SMARTS) is 1. The number of aliphatic carboxylic acids is 1. The number of carbonyl (C=O) groups is 2. The van der Waals surface area contributed by atoms with Crippen molar-refractivity contribution in [1.29, 1.82) is 0 Å². The number of benzene rings is 2. The lowest BCUT2D eigenvalue weighted by molar-refractivity contribution is -0.137. The van der Waals surface area contributed by atoms with Gasteiger partial charge >= 0.3 is 5.97 Å². The quantitative estimate of drug-likeness (QED) is 0.856. The smallest absolute Gasteiger partial charge is 0.305 e. The van der Waals surface area contributed by atoms with E-state index in [-0.39, 0.29) is 12.3 Å². The summed E-state index contributed by atoms with van der Waals surface area (Å²) in [7, 11) is 0. The average molecular weight is 285 g/mol. The second kappa shape index (κ2) is 6.88. The van der Waals surface area contributed by atoms with E-state index in [0.29, 0.717) is 6.42 Å². The van der Waals surface area contributed by atoms with Crippen LogP contribution in [0, 0.1) is 0 Å². The van der Waals surface area contributed by atoms with Gasteiger partial charge in [0.25, 0.3) is 0 Å². The highest BCUT2D eigenvalue weighted by Crippen LogP contribution is 2.26. The molecular weight excluding hydrogens is 266 g/mol. The second-order valence-corrected chi connectivity index (χ2v) is 5.04. The predicted octanol–water partition coefficient (Wildman–Crippen LogP) is 3.27. The minimum atomic E-state index is -0.926. The molecule has 2 aromatic carbocycles. The van der Waals surface area contributed by atoms with Crippen molar-refractivity contribution in [1.82, 2.24) is 5.32 Å². The Morgan fingerprint density at radius 2 is 1.86 bits per heavy atom. The molecule has 4 heteroatoms. The molecule has 0 fully saturated rings. The van der Waals surface area contributed by atoms with E-state index in [1.54, 1.807) is 0 Å². The van der Waals surface area contributed by atoms with Crippen LogP contribution < -0.4 is 5.32 Å². The van der Waals surface area contributed by atoms with E-state index in [4.69, 9.17) is 5.11 Å². The Balaban J connectivity index is 2.38. The average Bonchev–Trinajstić information content (AvgIpc) is 2.46. The van der Waals surface area contributed by atoms with Gasteiger partial charge in [-0.3, -0.25) is 9.59 Å². The molecule has 0 radical (unpaired) electrons. The second-order valence-electron chi connectivity index (χ2n) is 5.04. The summed E-state index contributed by atoms with van der Waals surface area (Å²) in [5.74, 6) is -1.04. The zero-order valence-corrected chi connectivity index (χ0v) is 12.0. The van der Waals surface area contributed by atoms with Crippen molar-refractivity contribution in [3.63, 3.8) is 0 Å². The van der Waals surface area contributed by atoms with Crippen molar-refractivity contribution in [2.24, 2.45) is 0 Å². The maximum atomic E-state index is 11.8. The van der Waals surface area contributed by atoms with E-state index in [2.05, 4.69) is 5.32 Å². The van der Waals surface area contributed by atoms with Crippen molar-refractivity contribution in [2.45, 2.75) is 32.2 Å². The number of hydrogen-bond acceptors (Lipinski definition) is 2. The molecule has 2 aromatic rings. The third kappa shape index (κ3) is 3.81. The van der Waals surface area contributed by atoms with Crippen LogP contribution in [0.1, 0.15) is 37.8 Å². The Morgan fingerprint density at radius 1 is 1.14 bits per heavy atom. The van der Waals surface area contributed by atoms with Crippen LogP contribution in [0.5, 0.6) is 0 Å². The van der Waals surface area contributed by atoms with Gasteiger partial charge in [0.15, 0.2) is 0 Å². The fraction of sp³-hybridized carbons (Fsp3) is 0.294. The summed E-state index contributed by atoms with van der Waals surface area (Å²) < 4.78 is 0. The summed E-state index contributed by atoms with van der Waals surface area (Å²) in [6.45, 7) is 1.92. The summed E-state index contributed by atoms with van der Waals surface area (Å²) in [6, 6.07) is 13.0. The molecule has 0 unspecified atom stereocenters. The number of hydrogen-bond donors (Lipinski definition) is 2. The van der Waals surface area contributed by atoms with E-state index in [0.717, 1.165) is 22.8 Å². The summed E-state index contributed by atoms with van der Waals surface area (Å²) in [6.07, 6.45) is 1.02. The van der Waals surface area contributed by atoms with Gasteiger partial charge in [-0.05, 0) is 22.8 Å². The maximum absolute atomic E-state index is 11.8. The van der Waals surface area contributed by atoms with Gasteiger partial charge in [0.1, 0.15) is 0 Å². The lowest BCUT2D eigenvalue weighted by Crippen LogP contribution is -2.30. The number of carbonyl (C=O) groups excluding carboxylic acids is 1. The van der Waals surface area contributed by atoms with Crippen LogP contribution in [-0.2, 0) is 9.59 Å².